The summed E-state index contributed by atoms with van der Waals surface area (Å²) in [6, 6.07) is 10.1. The lowest BCUT2D eigenvalue weighted by Crippen LogP contribution is -2.26. The second-order valence-electron chi connectivity index (χ2n) is 4.81. The largest absolute Gasteiger partial charge is 0.497 e. The Morgan fingerprint density at radius 3 is 2.95 bits per heavy atom. The molecule has 20 heavy (non-hydrogen) atoms. The monoisotopic (exact) mass is 291 g/mol. The molecule has 1 heterocycles. The predicted octanol–water partition coefficient (Wildman–Crippen LogP) is 2.84. The van der Waals surface area contributed by atoms with Crippen LogP contribution in [-0.4, -0.2) is 24.9 Å². The number of hydrogen-bond acceptors (Lipinski definition) is 4. The molecule has 1 aromatic carbocycles. The van der Waals surface area contributed by atoms with Crippen LogP contribution < -0.4 is 10.1 Å². The molecule has 0 bridgehead atoms. The number of nitrogens with one attached hydrogen (secondary N) is 1. The zero-order valence-corrected chi connectivity index (χ0v) is 12.5. The molecule has 0 saturated heterocycles. The normalized spacial score (nSPS) is 12.3. The Balaban J connectivity index is 1.66. The van der Waals surface area contributed by atoms with Gasteiger partial charge in [0, 0.05) is 13.1 Å². The van der Waals surface area contributed by atoms with Crippen LogP contribution in [0.25, 0.3) is 0 Å². The zero-order valence-electron chi connectivity index (χ0n) is 11.7. The van der Waals surface area contributed by atoms with Crippen LogP contribution >= 0.6 is 11.3 Å². The summed E-state index contributed by atoms with van der Waals surface area (Å²) in [5.74, 6) is 0.863. The van der Waals surface area contributed by atoms with Gasteiger partial charge in [0.1, 0.15) is 5.75 Å². The van der Waals surface area contributed by atoms with Crippen molar-refractivity contribution < 1.29 is 9.84 Å². The van der Waals surface area contributed by atoms with Gasteiger partial charge in [-0.2, -0.15) is 11.3 Å². The molecular weight excluding hydrogens is 270 g/mol. The van der Waals surface area contributed by atoms with Crippen LogP contribution in [-0.2, 0) is 13.0 Å². The van der Waals surface area contributed by atoms with E-state index in [-0.39, 0.29) is 6.10 Å². The molecule has 2 N–H and O–H groups in total. The van der Waals surface area contributed by atoms with Gasteiger partial charge in [0.2, 0.25) is 0 Å². The fourth-order valence-corrected chi connectivity index (χ4v) is 2.74. The molecule has 0 amide bonds. The van der Waals surface area contributed by atoms with Gasteiger partial charge in [0.05, 0.1) is 13.2 Å². The number of aliphatic hydroxyl groups excluding tert-OH is 1. The molecule has 1 aromatic heterocycles. The van der Waals surface area contributed by atoms with Gasteiger partial charge >= 0.3 is 0 Å². The Morgan fingerprint density at radius 1 is 1.30 bits per heavy atom. The molecule has 4 heteroatoms. The van der Waals surface area contributed by atoms with Gasteiger partial charge in [-0.25, -0.2) is 0 Å². The summed E-state index contributed by atoms with van der Waals surface area (Å²) in [4.78, 5) is 0. The van der Waals surface area contributed by atoms with Crippen LogP contribution in [0.5, 0.6) is 5.75 Å². The van der Waals surface area contributed by atoms with E-state index < -0.39 is 0 Å². The van der Waals surface area contributed by atoms with Crippen molar-refractivity contribution in [2.45, 2.75) is 25.5 Å². The number of methoxy groups -OCH3 is 1. The van der Waals surface area contributed by atoms with E-state index in [0.717, 1.165) is 30.7 Å². The minimum atomic E-state index is -0.305. The van der Waals surface area contributed by atoms with Gasteiger partial charge in [-0.1, -0.05) is 12.1 Å². The number of thiophene rings is 1. The number of hydrogen-bond donors (Lipinski definition) is 2. The molecule has 0 aliphatic carbocycles. The molecular formula is C16H21NO2S. The van der Waals surface area contributed by atoms with E-state index >= 15 is 0 Å². The van der Waals surface area contributed by atoms with Crippen LogP contribution in [0.15, 0.2) is 41.1 Å². The van der Waals surface area contributed by atoms with E-state index in [1.165, 1.54) is 5.56 Å². The average Bonchev–Trinajstić information content (AvgIpc) is 2.99. The van der Waals surface area contributed by atoms with E-state index in [1.807, 2.05) is 24.3 Å². The first-order chi connectivity index (χ1) is 9.78. The van der Waals surface area contributed by atoms with Crippen molar-refractivity contribution in [2.24, 2.45) is 0 Å². The molecule has 0 unspecified atom stereocenters. The van der Waals surface area contributed by atoms with E-state index in [0.29, 0.717) is 6.54 Å². The number of aryl methyl sites for hydroxylation is 1. The smallest absolute Gasteiger partial charge is 0.119 e. The molecule has 0 saturated carbocycles. The fraction of sp³-hybridized carbons (Fsp3) is 0.375. The van der Waals surface area contributed by atoms with Gasteiger partial charge in [0.25, 0.3) is 0 Å². The van der Waals surface area contributed by atoms with Gasteiger partial charge in [-0.3, -0.25) is 0 Å². The van der Waals surface area contributed by atoms with Gasteiger partial charge in [0.15, 0.2) is 0 Å². The van der Waals surface area contributed by atoms with Gasteiger partial charge in [-0.05, 0) is 52.9 Å². The highest BCUT2D eigenvalue weighted by molar-refractivity contribution is 7.07. The average molecular weight is 291 g/mol. The maximum absolute atomic E-state index is 9.94. The maximum Gasteiger partial charge on any atom is 0.119 e. The fourth-order valence-electron chi connectivity index (χ4n) is 2.04. The SMILES string of the molecule is COc1cccc(CNC[C@H](O)CCc2ccsc2)c1. The molecule has 2 rings (SSSR count). The predicted molar refractivity (Wildman–Crippen MR) is 83.3 cm³/mol. The van der Waals surface area contributed by atoms with Crippen molar-refractivity contribution in [1.82, 2.24) is 5.32 Å². The minimum Gasteiger partial charge on any atom is -0.497 e. The van der Waals surface area contributed by atoms with Crippen LogP contribution in [0.3, 0.4) is 0 Å². The molecule has 3 nitrogen and oxygen atoms in total. The van der Waals surface area contributed by atoms with Crippen LogP contribution in [0.4, 0.5) is 0 Å². The van der Waals surface area contributed by atoms with Gasteiger partial charge < -0.3 is 15.2 Å². The van der Waals surface area contributed by atoms with Crippen molar-refractivity contribution in [2.75, 3.05) is 13.7 Å². The second-order valence-corrected chi connectivity index (χ2v) is 5.59. The molecule has 0 radical (unpaired) electrons. The third kappa shape index (κ3) is 4.96. The summed E-state index contributed by atoms with van der Waals surface area (Å²) in [6.07, 6.45) is 1.42. The Labute approximate surface area is 124 Å². The van der Waals surface area contributed by atoms with Crippen molar-refractivity contribution in [3.63, 3.8) is 0 Å². The van der Waals surface area contributed by atoms with E-state index in [2.05, 4.69) is 22.1 Å². The van der Waals surface area contributed by atoms with E-state index in [1.54, 1.807) is 18.4 Å². The molecule has 0 spiro atoms. The summed E-state index contributed by atoms with van der Waals surface area (Å²) in [6.45, 7) is 1.36. The first-order valence-electron chi connectivity index (χ1n) is 6.80. The maximum atomic E-state index is 9.94. The second kappa shape index (κ2) is 8.04. The Bertz CT molecular complexity index is 499. The first-order valence-corrected chi connectivity index (χ1v) is 7.75. The van der Waals surface area contributed by atoms with E-state index in [9.17, 15) is 5.11 Å². The van der Waals surface area contributed by atoms with Crippen LogP contribution in [0.2, 0.25) is 0 Å². The number of rotatable bonds is 8. The van der Waals surface area contributed by atoms with Crippen molar-refractivity contribution in [1.29, 1.82) is 0 Å². The minimum absolute atomic E-state index is 0.305. The third-order valence-corrected chi connectivity index (χ3v) is 3.92. The Morgan fingerprint density at radius 2 is 2.20 bits per heavy atom. The Hall–Kier alpha value is -1.36. The van der Waals surface area contributed by atoms with Crippen molar-refractivity contribution in [3.8, 4) is 5.75 Å². The quantitative estimate of drug-likeness (QED) is 0.786. The highest BCUT2D eigenvalue weighted by Gasteiger charge is 2.05. The topological polar surface area (TPSA) is 41.5 Å². The summed E-state index contributed by atoms with van der Waals surface area (Å²) >= 11 is 1.70. The number of aliphatic hydroxyl groups is 1. The van der Waals surface area contributed by atoms with E-state index in [4.69, 9.17) is 4.74 Å². The third-order valence-electron chi connectivity index (χ3n) is 3.19. The molecule has 0 aliphatic heterocycles. The number of benzene rings is 1. The summed E-state index contributed by atoms with van der Waals surface area (Å²) in [5, 5.41) is 17.4. The molecule has 1 atom stereocenters. The van der Waals surface area contributed by atoms with Crippen LogP contribution in [0.1, 0.15) is 17.5 Å². The standard InChI is InChI=1S/C16H21NO2S/c1-19-16-4-2-3-14(9-16)10-17-11-15(18)6-5-13-7-8-20-12-13/h2-4,7-9,12,15,17-18H,5-6,10-11H2,1H3/t15-/m1/s1. The lowest BCUT2D eigenvalue weighted by molar-refractivity contribution is 0.161. The van der Waals surface area contributed by atoms with Crippen molar-refractivity contribution >= 4 is 11.3 Å². The van der Waals surface area contributed by atoms with Crippen LogP contribution in [0, 0.1) is 0 Å². The van der Waals surface area contributed by atoms with Gasteiger partial charge in [-0.15, -0.1) is 0 Å². The zero-order chi connectivity index (χ0) is 14.2. The summed E-state index contributed by atoms with van der Waals surface area (Å²) in [5.41, 5.74) is 2.47. The molecule has 2 aromatic rings. The lowest BCUT2D eigenvalue weighted by Gasteiger charge is -2.12. The number of ether oxygens (including phenoxy) is 1. The highest BCUT2D eigenvalue weighted by atomic mass is 32.1. The molecule has 0 fully saturated rings. The lowest BCUT2D eigenvalue weighted by atomic mass is 10.1. The van der Waals surface area contributed by atoms with Crippen molar-refractivity contribution in [3.05, 3.63) is 52.2 Å². The molecule has 0 aliphatic rings. The first kappa shape index (κ1) is 15.0. The molecule has 108 valence electrons. The summed E-state index contributed by atoms with van der Waals surface area (Å²) in [7, 11) is 1.67. The summed E-state index contributed by atoms with van der Waals surface area (Å²) < 4.78 is 5.19. The Kier molecular flexibility index (Phi) is 6.05. The highest BCUT2D eigenvalue weighted by Crippen LogP contribution is 2.12.